The minimum absolute atomic E-state index is 0.126. The molecule has 1 aromatic carbocycles. The molecule has 9 heteroatoms. The number of pyridine rings is 1. The number of carbonyl (C=O) groups excluding carboxylic acids is 2. The van der Waals surface area contributed by atoms with Crippen LogP contribution in [0.3, 0.4) is 0 Å². The Hall–Kier alpha value is -3.46. The van der Waals surface area contributed by atoms with Gasteiger partial charge in [-0.15, -0.1) is 11.3 Å². The summed E-state index contributed by atoms with van der Waals surface area (Å²) in [6.45, 7) is 0. The van der Waals surface area contributed by atoms with Crippen LogP contribution < -0.4 is 14.8 Å². The van der Waals surface area contributed by atoms with Gasteiger partial charge in [0.25, 0.3) is 5.91 Å². The lowest BCUT2D eigenvalue weighted by Crippen LogP contribution is -2.13. The lowest BCUT2D eigenvalue weighted by molar-refractivity contribution is 0.0593. The first-order valence-electron chi connectivity index (χ1n) is 8.09. The fourth-order valence-electron chi connectivity index (χ4n) is 2.39. The third kappa shape index (κ3) is 4.09. The summed E-state index contributed by atoms with van der Waals surface area (Å²) in [5.41, 5.74) is 1.82. The maximum absolute atomic E-state index is 12.4. The van der Waals surface area contributed by atoms with Gasteiger partial charge >= 0.3 is 5.97 Å². The second-order valence-corrected chi connectivity index (χ2v) is 6.34. The molecular formula is C19H17N3O5S. The van der Waals surface area contributed by atoms with Crippen LogP contribution in [-0.4, -0.2) is 43.2 Å². The van der Waals surface area contributed by atoms with E-state index in [2.05, 4.69) is 20.0 Å². The van der Waals surface area contributed by atoms with E-state index >= 15 is 0 Å². The summed E-state index contributed by atoms with van der Waals surface area (Å²) >= 11 is 1.28. The number of benzene rings is 1. The van der Waals surface area contributed by atoms with Gasteiger partial charge in [0, 0.05) is 17.1 Å². The zero-order valence-corrected chi connectivity index (χ0v) is 16.2. The van der Waals surface area contributed by atoms with Gasteiger partial charge < -0.3 is 14.2 Å². The van der Waals surface area contributed by atoms with Crippen LogP contribution in [0.25, 0.3) is 11.3 Å². The molecule has 1 N–H and O–H groups in total. The zero-order chi connectivity index (χ0) is 20.1. The third-order valence-corrected chi connectivity index (χ3v) is 4.59. The van der Waals surface area contributed by atoms with E-state index in [1.54, 1.807) is 26.4 Å². The minimum Gasteiger partial charge on any atom is -0.497 e. The molecule has 0 fully saturated rings. The molecule has 2 heterocycles. The predicted octanol–water partition coefficient (Wildman–Crippen LogP) is 3.26. The number of methoxy groups -OCH3 is 3. The smallest absolute Gasteiger partial charge is 0.356 e. The molecule has 0 bridgehead atoms. The normalized spacial score (nSPS) is 10.2. The Bertz CT molecular complexity index is 1000. The Labute approximate surface area is 165 Å². The van der Waals surface area contributed by atoms with Gasteiger partial charge in [0.15, 0.2) is 5.13 Å². The Morgan fingerprint density at radius 1 is 1.07 bits per heavy atom. The molecule has 0 aliphatic rings. The first-order valence-corrected chi connectivity index (χ1v) is 8.97. The van der Waals surface area contributed by atoms with Gasteiger partial charge in [-0.25, -0.2) is 14.8 Å². The first-order chi connectivity index (χ1) is 13.5. The lowest BCUT2D eigenvalue weighted by Gasteiger charge is -2.08. The van der Waals surface area contributed by atoms with Crippen molar-refractivity contribution in [3.8, 4) is 22.8 Å². The van der Waals surface area contributed by atoms with Gasteiger partial charge in [0.1, 0.15) is 17.2 Å². The van der Waals surface area contributed by atoms with Gasteiger partial charge in [-0.05, 0) is 30.3 Å². The molecule has 1 amide bonds. The summed E-state index contributed by atoms with van der Waals surface area (Å²) in [5.74, 6) is 0.365. The van der Waals surface area contributed by atoms with Gasteiger partial charge in [0.2, 0.25) is 0 Å². The second kappa shape index (κ2) is 8.49. The van der Waals surface area contributed by atoms with Crippen molar-refractivity contribution in [1.29, 1.82) is 0 Å². The van der Waals surface area contributed by atoms with Crippen LogP contribution in [0.1, 0.15) is 20.8 Å². The summed E-state index contributed by atoms with van der Waals surface area (Å²) in [7, 11) is 4.42. The molecule has 0 saturated heterocycles. The highest BCUT2D eigenvalue weighted by Gasteiger charge is 2.15. The van der Waals surface area contributed by atoms with E-state index < -0.39 is 5.97 Å². The summed E-state index contributed by atoms with van der Waals surface area (Å²) in [6, 6.07) is 8.32. The summed E-state index contributed by atoms with van der Waals surface area (Å²) in [6.07, 6.45) is 1.31. The monoisotopic (exact) mass is 399 g/mol. The van der Waals surface area contributed by atoms with E-state index in [0.29, 0.717) is 27.9 Å². The quantitative estimate of drug-likeness (QED) is 0.635. The number of anilines is 1. The van der Waals surface area contributed by atoms with Crippen LogP contribution in [0, 0.1) is 0 Å². The van der Waals surface area contributed by atoms with Gasteiger partial charge in [-0.2, -0.15) is 0 Å². The summed E-state index contributed by atoms with van der Waals surface area (Å²) in [5, 5.41) is 4.95. The van der Waals surface area contributed by atoms with Crippen LogP contribution in [-0.2, 0) is 4.74 Å². The SMILES string of the molecule is COC(=O)c1ccc(C(=O)Nc2nc(-c3cc(OC)ccc3OC)cs2)cn1. The van der Waals surface area contributed by atoms with Crippen molar-refractivity contribution in [1.82, 2.24) is 9.97 Å². The Morgan fingerprint density at radius 2 is 1.89 bits per heavy atom. The number of thiazole rings is 1. The third-order valence-electron chi connectivity index (χ3n) is 3.83. The van der Waals surface area contributed by atoms with Crippen LogP contribution >= 0.6 is 11.3 Å². The molecule has 0 spiro atoms. The van der Waals surface area contributed by atoms with E-state index in [4.69, 9.17) is 9.47 Å². The number of nitrogens with one attached hydrogen (secondary N) is 1. The van der Waals surface area contributed by atoms with Gasteiger partial charge in [-0.1, -0.05) is 0 Å². The first kappa shape index (κ1) is 19.3. The highest BCUT2D eigenvalue weighted by Crippen LogP contribution is 2.35. The van der Waals surface area contributed by atoms with Crippen LogP contribution in [0.5, 0.6) is 11.5 Å². The van der Waals surface area contributed by atoms with Crippen molar-refractivity contribution >= 4 is 28.3 Å². The minimum atomic E-state index is -0.566. The molecule has 28 heavy (non-hydrogen) atoms. The van der Waals surface area contributed by atoms with Crippen molar-refractivity contribution in [3.05, 3.63) is 53.2 Å². The summed E-state index contributed by atoms with van der Waals surface area (Å²) < 4.78 is 15.2. The molecule has 3 rings (SSSR count). The van der Waals surface area contributed by atoms with E-state index in [1.165, 1.54) is 36.8 Å². The van der Waals surface area contributed by atoms with Crippen molar-refractivity contribution < 1.29 is 23.8 Å². The molecule has 0 unspecified atom stereocenters. The number of hydrogen-bond donors (Lipinski definition) is 1. The number of hydrogen-bond acceptors (Lipinski definition) is 8. The fraction of sp³-hybridized carbons (Fsp3) is 0.158. The van der Waals surface area contributed by atoms with E-state index in [-0.39, 0.29) is 11.6 Å². The predicted molar refractivity (Wildman–Crippen MR) is 104 cm³/mol. The molecule has 0 aliphatic heterocycles. The fourth-order valence-corrected chi connectivity index (χ4v) is 3.10. The maximum atomic E-state index is 12.4. The molecule has 144 valence electrons. The Balaban J connectivity index is 1.78. The second-order valence-electron chi connectivity index (χ2n) is 5.48. The average Bonchev–Trinajstić information content (AvgIpc) is 3.21. The average molecular weight is 399 g/mol. The molecule has 0 atom stereocenters. The number of aromatic nitrogens is 2. The largest absolute Gasteiger partial charge is 0.497 e. The van der Waals surface area contributed by atoms with Crippen molar-refractivity contribution in [2.24, 2.45) is 0 Å². The molecule has 0 aliphatic carbocycles. The lowest BCUT2D eigenvalue weighted by atomic mass is 10.1. The molecule has 8 nitrogen and oxygen atoms in total. The highest BCUT2D eigenvalue weighted by molar-refractivity contribution is 7.14. The number of nitrogens with zero attached hydrogens (tertiary/aromatic N) is 2. The van der Waals surface area contributed by atoms with E-state index in [1.807, 2.05) is 11.4 Å². The van der Waals surface area contributed by atoms with Crippen LogP contribution in [0.15, 0.2) is 41.9 Å². The number of amides is 1. The van der Waals surface area contributed by atoms with Crippen molar-refractivity contribution in [3.63, 3.8) is 0 Å². The van der Waals surface area contributed by atoms with Crippen molar-refractivity contribution in [2.75, 3.05) is 26.6 Å². The maximum Gasteiger partial charge on any atom is 0.356 e. The van der Waals surface area contributed by atoms with Gasteiger partial charge in [-0.3, -0.25) is 10.1 Å². The highest BCUT2D eigenvalue weighted by atomic mass is 32.1. The molecular weight excluding hydrogens is 382 g/mol. The number of ether oxygens (including phenoxy) is 3. The Morgan fingerprint density at radius 3 is 2.54 bits per heavy atom. The summed E-state index contributed by atoms with van der Waals surface area (Å²) in [4.78, 5) is 32.2. The van der Waals surface area contributed by atoms with E-state index in [9.17, 15) is 9.59 Å². The van der Waals surface area contributed by atoms with E-state index in [0.717, 1.165) is 5.56 Å². The number of carbonyl (C=O) groups is 2. The standard InChI is InChI=1S/C19H17N3O5S/c1-25-12-5-7-16(26-2)13(8-12)15-10-28-19(21-15)22-17(23)11-4-6-14(20-9-11)18(24)27-3/h4-10H,1-3H3,(H,21,22,23). The molecule has 0 saturated carbocycles. The molecule has 0 radical (unpaired) electrons. The van der Waals surface area contributed by atoms with Crippen LogP contribution in [0.2, 0.25) is 0 Å². The molecule has 3 aromatic rings. The van der Waals surface area contributed by atoms with Gasteiger partial charge in [0.05, 0.1) is 32.6 Å². The zero-order valence-electron chi connectivity index (χ0n) is 15.4. The number of rotatable bonds is 6. The number of esters is 1. The Kier molecular flexibility index (Phi) is 5.85. The van der Waals surface area contributed by atoms with Crippen molar-refractivity contribution in [2.45, 2.75) is 0 Å². The van der Waals surface area contributed by atoms with Crippen LogP contribution in [0.4, 0.5) is 5.13 Å². The molecule has 2 aromatic heterocycles. The topological polar surface area (TPSA) is 99.6 Å².